The van der Waals surface area contributed by atoms with Crippen molar-refractivity contribution in [3.63, 3.8) is 0 Å². The minimum atomic E-state index is 0.778. The van der Waals surface area contributed by atoms with Crippen LogP contribution >= 0.6 is 11.6 Å². The molecular formula is C15H31ClN2. The van der Waals surface area contributed by atoms with Gasteiger partial charge in [-0.2, -0.15) is 0 Å². The summed E-state index contributed by atoms with van der Waals surface area (Å²) in [7, 11) is 2.08. The first kappa shape index (κ1) is 19.8. The molecule has 0 aromatic carbocycles. The van der Waals surface area contributed by atoms with Gasteiger partial charge in [-0.3, -0.25) is 0 Å². The topological polar surface area (TPSA) is 15.6 Å². The van der Waals surface area contributed by atoms with Gasteiger partial charge in [0.15, 0.2) is 0 Å². The Hall–Kier alpha value is -0.500. The number of rotatable bonds is 6. The molecule has 0 heterocycles. The molecule has 0 fully saturated rings. The zero-order chi connectivity index (χ0) is 14.6. The lowest BCUT2D eigenvalue weighted by Gasteiger charge is -2.18. The maximum atomic E-state index is 5.90. The van der Waals surface area contributed by atoms with Crippen molar-refractivity contribution in [2.45, 2.75) is 60.8 Å². The van der Waals surface area contributed by atoms with E-state index in [0.717, 1.165) is 29.8 Å². The molecule has 0 saturated heterocycles. The summed E-state index contributed by atoms with van der Waals surface area (Å²) in [5.41, 5.74) is 0. The predicted molar refractivity (Wildman–Crippen MR) is 85.4 cm³/mol. The van der Waals surface area contributed by atoms with Gasteiger partial charge in [0.05, 0.1) is 0 Å². The van der Waals surface area contributed by atoms with Crippen molar-refractivity contribution in [2.75, 3.05) is 13.6 Å². The Balaban J connectivity index is 0. The minimum absolute atomic E-state index is 0.778. The van der Waals surface area contributed by atoms with E-state index in [9.17, 15) is 0 Å². The standard InChI is InChI=1S/C13H25ClN2.C2H6/c1-6-13(14)10-15-12(4)16(5)9-7-8-11(2)3;1-2/h10-11H,6-9H2,1-5H3;1-2H3/b13-10+,15-12?;. The highest BCUT2D eigenvalue weighted by atomic mass is 35.5. The fourth-order valence-electron chi connectivity index (χ4n) is 1.25. The van der Waals surface area contributed by atoms with E-state index < -0.39 is 0 Å². The Morgan fingerprint density at radius 2 is 1.89 bits per heavy atom. The van der Waals surface area contributed by atoms with Crippen LogP contribution in [-0.4, -0.2) is 24.3 Å². The smallest absolute Gasteiger partial charge is 0.101 e. The van der Waals surface area contributed by atoms with E-state index >= 15 is 0 Å². The van der Waals surface area contributed by atoms with Gasteiger partial charge in [-0.05, 0) is 32.1 Å². The molecule has 0 aliphatic heterocycles. The molecule has 0 aromatic heterocycles. The number of hydrogen-bond acceptors (Lipinski definition) is 1. The molecule has 0 atom stereocenters. The second-order valence-electron chi connectivity index (χ2n) is 4.56. The van der Waals surface area contributed by atoms with Crippen LogP contribution in [0.25, 0.3) is 0 Å². The largest absolute Gasteiger partial charge is 0.363 e. The van der Waals surface area contributed by atoms with E-state index in [1.165, 1.54) is 12.8 Å². The van der Waals surface area contributed by atoms with Crippen LogP contribution in [-0.2, 0) is 0 Å². The van der Waals surface area contributed by atoms with Gasteiger partial charge in [0, 0.05) is 24.8 Å². The summed E-state index contributed by atoms with van der Waals surface area (Å²) in [5, 5.41) is 0.801. The van der Waals surface area contributed by atoms with Crippen LogP contribution < -0.4 is 0 Å². The molecule has 3 heteroatoms. The molecule has 0 amide bonds. The molecule has 18 heavy (non-hydrogen) atoms. The summed E-state index contributed by atoms with van der Waals surface area (Å²) in [6.07, 6.45) is 5.07. The number of amidine groups is 1. The third-order valence-electron chi connectivity index (χ3n) is 2.56. The van der Waals surface area contributed by atoms with Crippen molar-refractivity contribution in [3.05, 3.63) is 11.2 Å². The van der Waals surface area contributed by atoms with Gasteiger partial charge < -0.3 is 4.90 Å². The highest BCUT2D eigenvalue weighted by Crippen LogP contribution is 2.07. The van der Waals surface area contributed by atoms with Crippen LogP contribution in [0.3, 0.4) is 0 Å². The van der Waals surface area contributed by atoms with Gasteiger partial charge >= 0.3 is 0 Å². The van der Waals surface area contributed by atoms with Crippen LogP contribution in [0, 0.1) is 5.92 Å². The molecule has 0 N–H and O–H groups in total. The Labute approximate surface area is 119 Å². The molecule has 0 aliphatic rings. The molecule has 0 spiro atoms. The molecule has 0 radical (unpaired) electrons. The Kier molecular flexibility index (Phi) is 14.3. The summed E-state index contributed by atoms with van der Waals surface area (Å²) in [4.78, 5) is 6.52. The average Bonchev–Trinajstić information content (AvgIpc) is 2.37. The summed E-state index contributed by atoms with van der Waals surface area (Å²) in [6, 6.07) is 0. The average molecular weight is 275 g/mol. The zero-order valence-corrected chi connectivity index (χ0v) is 14.0. The lowest BCUT2D eigenvalue weighted by atomic mass is 10.1. The van der Waals surface area contributed by atoms with E-state index in [2.05, 4.69) is 30.8 Å². The third-order valence-corrected chi connectivity index (χ3v) is 2.92. The highest BCUT2D eigenvalue weighted by Gasteiger charge is 2.01. The third kappa shape index (κ3) is 12.0. The van der Waals surface area contributed by atoms with Gasteiger partial charge in [-0.25, -0.2) is 4.99 Å². The number of aliphatic imine (C=N–C) groups is 1. The van der Waals surface area contributed by atoms with Crippen molar-refractivity contribution in [3.8, 4) is 0 Å². The molecule has 0 rings (SSSR count). The molecule has 0 unspecified atom stereocenters. The SMILES string of the molecule is CC.CC/C(Cl)=C\N=C(C)N(C)CCCC(C)C. The normalized spacial score (nSPS) is 12.3. The zero-order valence-electron chi connectivity index (χ0n) is 13.3. The summed E-state index contributed by atoms with van der Waals surface area (Å²) in [6.45, 7) is 13.6. The van der Waals surface area contributed by atoms with Gasteiger partial charge in [-0.15, -0.1) is 0 Å². The molecule has 0 aliphatic carbocycles. The van der Waals surface area contributed by atoms with E-state index in [1.54, 1.807) is 6.20 Å². The van der Waals surface area contributed by atoms with Crippen LogP contribution in [0.1, 0.15) is 60.8 Å². The van der Waals surface area contributed by atoms with Crippen molar-refractivity contribution in [1.29, 1.82) is 0 Å². The van der Waals surface area contributed by atoms with E-state index in [1.807, 2.05) is 27.7 Å². The van der Waals surface area contributed by atoms with Crippen LogP contribution in [0.5, 0.6) is 0 Å². The van der Waals surface area contributed by atoms with E-state index in [4.69, 9.17) is 11.6 Å². The Morgan fingerprint density at radius 3 is 2.33 bits per heavy atom. The quantitative estimate of drug-likeness (QED) is 0.475. The van der Waals surface area contributed by atoms with Crippen molar-refractivity contribution in [1.82, 2.24) is 4.90 Å². The number of allylic oxidation sites excluding steroid dienone is 1. The van der Waals surface area contributed by atoms with E-state index in [0.29, 0.717) is 0 Å². The maximum Gasteiger partial charge on any atom is 0.101 e. The molecule has 108 valence electrons. The van der Waals surface area contributed by atoms with Crippen LogP contribution in [0.2, 0.25) is 0 Å². The first-order chi connectivity index (χ1) is 8.47. The fraction of sp³-hybridized carbons (Fsp3) is 0.800. The van der Waals surface area contributed by atoms with Gasteiger partial charge in [0.25, 0.3) is 0 Å². The molecular weight excluding hydrogens is 244 g/mol. The van der Waals surface area contributed by atoms with Crippen molar-refractivity contribution >= 4 is 17.4 Å². The van der Waals surface area contributed by atoms with Gasteiger partial charge in [-0.1, -0.05) is 46.2 Å². The number of nitrogens with zero attached hydrogens (tertiary/aromatic N) is 2. The van der Waals surface area contributed by atoms with E-state index in [-0.39, 0.29) is 0 Å². The molecule has 2 nitrogen and oxygen atoms in total. The Morgan fingerprint density at radius 1 is 1.33 bits per heavy atom. The first-order valence-electron chi connectivity index (χ1n) is 7.07. The number of hydrogen-bond donors (Lipinski definition) is 0. The second kappa shape index (κ2) is 12.9. The first-order valence-corrected chi connectivity index (χ1v) is 7.45. The summed E-state index contributed by atoms with van der Waals surface area (Å²) < 4.78 is 0. The predicted octanol–water partition coefficient (Wildman–Crippen LogP) is 5.29. The Bertz CT molecular complexity index is 245. The maximum absolute atomic E-state index is 5.90. The van der Waals surface area contributed by atoms with Crippen LogP contribution in [0.4, 0.5) is 0 Å². The fourth-order valence-corrected chi connectivity index (χ4v) is 1.30. The lowest BCUT2D eigenvalue weighted by Crippen LogP contribution is -2.25. The molecule has 0 aromatic rings. The summed E-state index contributed by atoms with van der Waals surface area (Å²) in [5.74, 6) is 1.80. The monoisotopic (exact) mass is 274 g/mol. The highest BCUT2D eigenvalue weighted by molar-refractivity contribution is 6.29. The molecule has 0 bridgehead atoms. The summed E-state index contributed by atoms with van der Waals surface area (Å²) >= 11 is 5.90. The van der Waals surface area contributed by atoms with Crippen molar-refractivity contribution < 1.29 is 0 Å². The second-order valence-corrected chi connectivity index (χ2v) is 5.05. The minimum Gasteiger partial charge on any atom is -0.363 e. The van der Waals surface area contributed by atoms with Crippen molar-refractivity contribution in [2.24, 2.45) is 10.9 Å². The number of halogens is 1. The molecule has 0 saturated carbocycles. The lowest BCUT2D eigenvalue weighted by molar-refractivity contribution is 0.443. The van der Waals surface area contributed by atoms with Gasteiger partial charge in [0.2, 0.25) is 0 Å². The van der Waals surface area contributed by atoms with Crippen LogP contribution in [0.15, 0.2) is 16.2 Å². The van der Waals surface area contributed by atoms with Gasteiger partial charge in [0.1, 0.15) is 5.84 Å².